The van der Waals surface area contributed by atoms with E-state index in [1.54, 1.807) is 6.08 Å². The summed E-state index contributed by atoms with van der Waals surface area (Å²) in [5, 5.41) is 2.74. The summed E-state index contributed by atoms with van der Waals surface area (Å²) in [6.07, 6.45) is 7.92. The summed E-state index contributed by atoms with van der Waals surface area (Å²) in [5.74, 6) is -0.581. The van der Waals surface area contributed by atoms with Gasteiger partial charge in [0.2, 0.25) is 0 Å². The molecule has 23 heavy (non-hydrogen) atoms. The Labute approximate surface area is 137 Å². The lowest BCUT2D eigenvalue weighted by Crippen LogP contribution is -2.25. The van der Waals surface area contributed by atoms with E-state index in [1.807, 2.05) is 24.3 Å². The fraction of sp³-hybridized carbons (Fsp3) is 0.444. The molecule has 0 atom stereocenters. The van der Waals surface area contributed by atoms with Crippen molar-refractivity contribution in [3.05, 3.63) is 42.0 Å². The smallest absolute Gasteiger partial charge is 0.330 e. The molecule has 1 saturated heterocycles. The Kier molecular flexibility index (Phi) is 6.66. The minimum atomic E-state index is -0.430. The van der Waals surface area contributed by atoms with Gasteiger partial charge in [-0.3, -0.25) is 4.79 Å². The molecule has 0 saturated carbocycles. The topological polar surface area (TPSA) is 58.6 Å². The third kappa shape index (κ3) is 5.43. The predicted molar refractivity (Wildman–Crippen MR) is 90.6 cm³/mol. The Morgan fingerprint density at radius 2 is 1.78 bits per heavy atom. The van der Waals surface area contributed by atoms with E-state index in [1.165, 1.54) is 44.6 Å². The van der Waals surface area contributed by atoms with Gasteiger partial charge in [-0.15, -0.1) is 0 Å². The van der Waals surface area contributed by atoms with E-state index in [-0.39, 0.29) is 5.91 Å². The van der Waals surface area contributed by atoms with Crippen molar-refractivity contribution < 1.29 is 14.3 Å². The molecule has 0 aromatic heterocycles. The molecule has 5 nitrogen and oxygen atoms in total. The lowest BCUT2D eigenvalue weighted by atomic mass is 10.1. The molecule has 1 fully saturated rings. The Bertz CT molecular complexity index is 544. The van der Waals surface area contributed by atoms with Crippen molar-refractivity contribution in [3.63, 3.8) is 0 Å². The van der Waals surface area contributed by atoms with Gasteiger partial charge in [0, 0.05) is 37.0 Å². The highest BCUT2D eigenvalue weighted by atomic mass is 16.5. The summed E-state index contributed by atoms with van der Waals surface area (Å²) < 4.78 is 4.48. The first-order valence-electron chi connectivity index (χ1n) is 8.08. The number of hydrogen-bond acceptors (Lipinski definition) is 4. The van der Waals surface area contributed by atoms with Crippen LogP contribution in [0, 0.1) is 0 Å². The standard InChI is InChI=1S/C18H24N2O3/c1-23-17(21)7-6-12-19-18(22)15-8-10-16(11-9-15)20-13-4-2-3-5-14-20/h6-11H,2-5,12-14H2,1H3,(H,19,22)/b7-6+. The third-order valence-corrected chi connectivity index (χ3v) is 3.94. The second kappa shape index (κ2) is 8.98. The molecular formula is C18H24N2O3. The number of nitrogens with zero attached hydrogens (tertiary/aromatic N) is 1. The van der Waals surface area contributed by atoms with E-state index in [4.69, 9.17) is 0 Å². The quantitative estimate of drug-likeness (QED) is 0.670. The zero-order valence-corrected chi connectivity index (χ0v) is 13.6. The van der Waals surface area contributed by atoms with E-state index in [0.29, 0.717) is 12.1 Å². The molecule has 0 unspecified atom stereocenters. The number of benzene rings is 1. The van der Waals surface area contributed by atoms with Crippen molar-refractivity contribution in [2.75, 3.05) is 31.6 Å². The lowest BCUT2D eigenvalue weighted by molar-refractivity contribution is -0.134. The number of rotatable bonds is 5. The van der Waals surface area contributed by atoms with Gasteiger partial charge in [-0.05, 0) is 37.1 Å². The Morgan fingerprint density at radius 3 is 2.39 bits per heavy atom. The number of anilines is 1. The molecule has 1 aliphatic heterocycles. The Balaban J connectivity index is 1.87. The van der Waals surface area contributed by atoms with Crippen molar-refractivity contribution in [1.82, 2.24) is 5.32 Å². The van der Waals surface area contributed by atoms with Crippen molar-refractivity contribution >= 4 is 17.6 Å². The van der Waals surface area contributed by atoms with Gasteiger partial charge in [0.25, 0.3) is 5.91 Å². The van der Waals surface area contributed by atoms with Crippen LogP contribution < -0.4 is 10.2 Å². The molecule has 1 aromatic rings. The second-order valence-electron chi connectivity index (χ2n) is 5.58. The molecule has 0 aliphatic carbocycles. The molecule has 5 heteroatoms. The lowest BCUT2D eigenvalue weighted by Gasteiger charge is -2.22. The molecule has 1 amide bonds. The van der Waals surface area contributed by atoms with Crippen LogP contribution in [0.3, 0.4) is 0 Å². The van der Waals surface area contributed by atoms with Gasteiger partial charge in [0.15, 0.2) is 0 Å². The highest BCUT2D eigenvalue weighted by Crippen LogP contribution is 2.19. The number of esters is 1. The normalized spacial score (nSPS) is 15.3. The first-order chi connectivity index (χ1) is 11.2. The summed E-state index contributed by atoms with van der Waals surface area (Å²) in [6.45, 7) is 2.47. The molecule has 124 valence electrons. The van der Waals surface area contributed by atoms with Gasteiger partial charge < -0.3 is 15.0 Å². The highest BCUT2D eigenvalue weighted by molar-refractivity contribution is 5.94. The van der Waals surface area contributed by atoms with Crippen LogP contribution in [0.25, 0.3) is 0 Å². The average molecular weight is 316 g/mol. The van der Waals surface area contributed by atoms with Gasteiger partial charge in [0.1, 0.15) is 0 Å². The summed E-state index contributed by atoms with van der Waals surface area (Å²) >= 11 is 0. The van der Waals surface area contributed by atoms with Crippen LogP contribution in [-0.4, -0.2) is 38.6 Å². The predicted octanol–water partition coefficient (Wildman–Crippen LogP) is 2.53. The van der Waals surface area contributed by atoms with Crippen LogP contribution >= 0.6 is 0 Å². The van der Waals surface area contributed by atoms with Crippen LogP contribution in [0.4, 0.5) is 5.69 Å². The average Bonchev–Trinajstić information content (AvgIpc) is 2.87. The van der Waals surface area contributed by atoms with Gasteiger partial charge in [-0.2, -0.15) is 0 Å². The summed E-state index contributed by atoms with van der Waals surface area (Å²) in [4.78, 5) is 25.3. The zero-order valence-electron chi connectivity index (χ0n) is 13.6. The van der Waals surface area contributed by atoms with Crippen LogP contribution in [0.5, 0.6) is 0 Å². The summed E-state index contributed by atoms with van der Waals surface area (Å²) in [5.41, 5.74) is 1.80. The molecule has 1 aromatic carbocycles. The summed E-state index contributed by atoms with van der Waals surface area (Å²) in [6, 6.07) is 7.70. The maximum absolute atomic E-state index is 12.0. The number of amides is 1. The van der Waals surface area contributed by atoms with Crippen molar-refractivity contribution in [1.29, 1.82) is 0 Å². The van der Waals surface area contributed by atoms with Crippen molar-refractivity contribution in [2.45, 2.75) is 25.7 Å². The highest BCUT2D eigenvalue weighted by Gasteiger charge is 2.11. The molecule has 0 spiro atoms. The number of carbonyl (C=O) groups is 2. The third-order valence-electron chi connectivity index (χ3n) is 3.94. The minimum absolute atomic E-state index is 0.151. The van der Waals surface area contributed by atoms with Crippen LogP contribution in [0.15, 0.2) is 36.4 Å². The van der Waals surface area contributed by atoms with Crippen LogP contribution in [-0.2, 0) is 9.53 Å². The Morgan fingerprint density at radius 1 is 1.13 bits per heavy atom. The van der Waals surface area contributed by atoms with E-state index in [2.05, 4.69) is 15.0 Å². The maximum atomic E-state index is 12.0. The van der Waals surface area contributed by atoms with E-state index in [0.717, 1.165) is 13.1 Å². The fourth-order valence-electron chi connectivity index (χ4n) is 2.63. The van der Waals surface area contributed by atoms with E-state index < -0.39 is 5.97 Å². The molecule has 1 heterocycles. The van der Waals surface area contributed by atoms with Crippen LogP contribution in [0.2, 0.25) is 0 Å². The maximum Gasteiger partial charge on any atom is 0.330 e. The number of methoxy groups -OCH3 is 1. The number of carbonyl (C=O) groups excluding carboxylic acids is 2. The molecule has 0 bridgehead atoms. The molecule has 0 radical (unpaired) electrons. The van der Waals surface area contributed by atoms with Gasteiger partial charge in [0.05, 0.1) is 7.11 Å². The first kappa shape index (κ1) is 17.1. The van der Waals surface area contributed by atoms with Gasteiger partial charge in [-0.1, -0.05) is 18.9 Å². The molecule has 2 rings (SSSR count). The minimum Gasteiger partial charge on any atom is -0.466 e. The number of nitrogens with one attached hydrogen (secondary N) is 1. The first-order valence-corrected chi connectivity index (χ1v) is 8.08. The van der Waals surface area contributed by atoms with Crippen molar-refractivity contribution in [2.24, 2.45) is 0 Å². The second-order valence-corrected chi connectivity index (χ2v) is 5.58. The van der Waals surface area contributed by atoms with Crippen molar-refractivity contribution in [3.8, 4) is 0 Å². The molecule has 1 aliphatic rings. The van der Waals surface area contributed by atoms with E-state index in [9.17, 15) is 9.59 Å². The fourth-order valence-corrected chi connectivity index (χ4v) is 2.63. The monoisotopic (exact) mass is 316 g/mol. The van der Waals surface area contributed by atoms with E-state index >= 15 is 0 Å². The van der Waals surface area contributed by atoms with Gasteiger partial charge >= 0.3 is 5.97 Å². The molecular weight excluding hydrogens is 292 g/mol. The van der Waals surface area contributed by atoms with Gasteiger partial charge in [-0.25, -0.2) is 4.79 Å². The SMILES string of the molecule is COC(=O)/C=C/CNC(=O)c1ccc(N2CCCCCC2)cc1. The number of hydrogen-bond donors (Lipinski definition) is 1. The largest absolute Gasteiger partial charge is 0.466 e. The zero-order chi connectivity index (χ0) is 16.5. The molecule has 1 N–H and O–H groups in total. The van der Waals surface area contributed by atoms with Crippen LogP contribution in [0.1, 0.15) is 36.0 Å². The summed E-state index contributed by atoms with van der Waals surface area (Å²) in [7, 11) is 1.32. The Hall–Kier alpha value is -2.30. The number of ether oxygens (including phenoxy) is 1.